The van der Waals surface area contributed by atoms with Crippen molar-refractivity contribution in [3.8, 4) is 0 Å². The maximum atomic E-state index is 13.3. The molecule has 1 nitrogen and oxygen atoms in total. The van der Waals surface area contributed by atoms with Gasteiger partial charge in [0.2, 0.25) is 0 Å². The predicted octanol–water partition coefficient (Wildman–Crippen LogP) is 3.93. The summed E-state index contributed by atoms with van der Waals surface area (Å²) in [5.41, 5.74) is 0.666. The summed E-state index contributed by atoms with van der Waals surface area (Å²) < 4.78 is 13.7. The summed E-state index contributed by atoms with van der Waals surface area (Å²) in [5, 5.41) is 0.0914. The van der Waals surface area contributed by atoms with E-state index in [0.29, 0.717) is 16.5 Å². The van der Waals surface area contributed by atoms with Gasteiger partial charge in [-0.3, -0.25) is 0 Å². The highest BCUT2D eigenvalue weighted by Crippen LogP contribution is 2.32. The Kier molecular flexibility index (Phi) is 4.08. The molecule has 0 saturated heterocycles. The number of carbonyl (C=O) groups is 1. The molecule has 4 heteroatoms. The highest BCUT2D eigenvalue weighted by atomic mass is 79.9. The molecule has 0 amide bonds. The summed E-state index contributed by atoms with van der Waals surface area (Å²) in [7, 11) is 0. The molecule has 0 aromatic heterocycles. The van der Waals surface area contributed by atoms with Crippen LogP contribution in [0.5, 0.6) is 0 Å². The summed E-state index contributed by atoms with van der Waals surface area (Å²) in [6.45, 7) is 1.84. The number of halogens is 3. The molecule has 0 N–H and O–H groups in total. The summed E-state index contributed by atoms with van der Waals surface area (Å²) in [6.07, 6.45) is 1.15. The van der Waals surface area contributed by atoms with Crippen molar-refractivity contribution >= 4 is 33.8 Å². The van der Waals surface area contributed by atoms with Crippen molar-refractivity contribution in [2.45, 2.75) is 19.3 Å². The van der Waals surface area contributed by atoms with E-state index >= 15 is 0 Å². The van der Waals surface area contributed by atoms with E-state index < -0.39 is 5.82 Å². The van der Waals surface area contributed by atoms with Crippen molar-refractivity contribution in [2.24, 2.45) is 0 Å². The van der Waals surface area contributed by atoms with E-state index in [1.165, 1.54) is 0 Å². The van der Waals surface area contributed by atoms with Crippen LogP contribution in [0.4, 0.5) is 4.39 Å². The number of carbonyl (C=O) groups excluding carboxylic acids is 1. The Bertz CT molecular complexity index is 354. The molecule has 1 aromatic rings. The fraction of sp³-hybridized carbons (Fsp3) is 0.300. The van der Waals surface area contributed by atoms with E-state index in [1.54, 1.807) is 12.1 Å². The molecule has 1 rings (SSSR count). The molecular formula is C10H9BrClFO. The van der Waals surface area contributed by atoms with Gasteiger partial charge in [-0.1, -0.05) is 24.6 Å². The lowest BCUT2D eigenvalue weighted by Crippen LogP contribution is -1.97. The average molecular weight is 280 g/mol. The van der Waals surface area contributed by atoms with Gasteiger partial charge in [-0.2, -0.15) is 0 Å². The molecule has 0 aliphatic rings. The third-order valence-corrected chi connectivity index (χ3v) is 3.04. The molecule has 76 valence electrons. The summed E-state index contributed by atoms with van der Waals surface area (Å²) in [5.74, 6) is -0.524. The molecule has 0 saturated carbocycles. The van der Waals surface area contributed by atoms with E-state index in [0.717, 1.165) is 6.29 Å². The van der Waals surface area contributed by atoms with E-state index in [-0.39, 0.29) is 10.9 Å². The maximum Gasteiger partial charge on any atom is 0.156 e. The summed E-state index contributed by atoms with van der Waals surface area (Å²) in [4.78, 5) is 10.3. The minimum atomic E-state index is -0.470. The SMILES string of the molecule is CC(CC=O)c1ccc(Br)c(F)c1Cl. The molecule has 1 unspecified atom stereocenters. The van der Waals surface area contributed by atoms with Crippen LogP contribution in [0, 0.1) is 5.82 Å². The van der Waals surface area contributed by atoms with E-state index in [2.05, 4.69) is 15.9 Å². The fourth-order valence-electron chi connectivity index (χ4n) is 1.19. The zero-order valence-electron chi connectivity index (χ0n) is 7.56. The minimum Gasteiger partial charge on any atom is -0.303 e. The van der Waals surface area contributed by atoms with Gasteiger partial charge in [-0.25, -0.2) is 4.39 Å². The Labute approximate surface area is 95.4 Å². The quantitative estimate of drug-likeness (QED) is 0.605. The van der Waals surface area contributed by atoms with Gasteiger partial charge in [0.05, 0.1) is 9.50 Å². The van der Waals surface area contributed by atoms with Gasteiger partial charge in [-0.15, -0.1) is 0 Å². The first kappa shape index (κ1) is 11.7. The van der Waals surface area contributed by atoms with E-state index in [4.69, 9.17) is 11.6 Å². The van der Waals surface area contributed by atoms with Crippen LogP contribution >= 0.6 is 27.5 Å². The lowest BCUT2D eigenvalue weighted by Gasteiger charge is -2.11. The Morgan fingerprint density at radius 1 is 1.64 bits per heavy atom. The van der Waals surface area contributed by atoms with E-state index in [9.17, 15) is 9.18 Å². The molecule has 0 radical (unpaired) electrons. The average Bonchev–Trinajstić information content (AvgIpc) is 2.15. The van der Waals surface area contributed by atoms with Gasteiger partial charge in [0, 0.05) is 6.42 Å². The number of hydrogen-bond acceptors (Lipinski definition) is 1. The van der Waals surface area contributed by atoms with Crippen LogP contribution in [0.15, 0.2) is 16.6 Å². The number of benzene rings is 1. The maximum absolute atomic E-state index is 13.3. The lowest BCUT2D eigenvalue weighted by atomic mass is 9.98. The highest BCUT2D eigenvalue weighted by Gasteiger charge is 2.14. The second-order valence-electron chi connectivity index (χ2n) is 3.07. The molecule has 0 bridgehead atoms. The Balaban J connectivity index is 3.10. The zero-order valence-corrected chi connectivity index (χ0v) is 9.90. The highest BCUT2D eigenvalue weighted by molar-refractivity contribution is 9.10. The monoisotopic (exact) mass is 278 g/mol. The lowest BCUT2D eigenvalue weighted by molar-refractivity contribution is -0.108. The second kappa shape index (κ2) is 4.89. The molecular weight excluding hydrogens is 270 g/mol. The topological polar surface area (TPSA) is 17.1 Å². The van der Waals surface area contributed by atoms with Gasteiger partial charge in [0.1, 0.15) is 6.29 Å². The smallest absolute Gasteiger partial charge is 0.156 e. The fourth-order valence-corrected chi connectivity index (χ4v) is 1.99. The van der Waals surface area contributed by atoms with Crippen molar-refractivity contribution in [1.29, 1.82) is 0 Å². The third-order valence-electron chi connectivity index (χ3n) is 2.05. The Morgan fingerprint density at radius 2 is 2.29 bits per heavy atom. The Hall–Kier alpha value is -0.410. The van der Waals surface area contributed by atoms with Crippen LogP contribution in [0.25, 0.3) is 0 Å². The van der Waals surface area contributed by atoms with Gasteiger partial charge in [-0.05, 0) is 33.5 Å². The molecule has 14 heavy (non-hydrogen) atoms. The molecule has 1 atom stereocenters. The van der Waals surface area contributed by atoms with Crippen LogP contribution in [0.2, 0.25) is 5.02 Å². The van der Waals surface area contributed by atoms with Gasteiger partial charge in [0.25, 0.3) is 0 Å². The largest absolute Gasteiger partial charge is 0.303 e. The minimum absolute atomic E-state index is 0.0531. The van der Waals surface area contributed by atoms with Crippen molar-refractivity contribution in [1.82, 2.24) is 0 Å². The van der Waals surface area contributed by atoms with Crippen LogP contribution in [0.1, 0.15) is 24.8 Å². The first-order chi connectivity index (χ1) is 6.57. The van der Waals surface area contributed by atoms with E-state index in [1.807, 2.05) is 6.92 Å². The molecule has 0 aliphatic heterocycles. The molecule has 0 fully saturated rings. The van der Waals surface area contributed by atoms with Crippen molar-refractivity contribution < 1.29 is 9.18 Å². The second-order valence-corrected chi connectivity index (χ2v) is 4.30. The summed E-state index contributed by atoms with van der Waals surface area (Å²) in [6, 6.07) is 3.32. The Morgan fingerprint density at radius 3 is 2.86 bits per heavy atom. The van der Waals surface area contributed by atoms with Crippen molar-refractivity contribution in [3.05, 3.63) is 33.0 Å². The first-order valence-corrected chi connectivity index (χ1v) is 5.32. The molecule has 0 aliphatic carbocycles. The number of rotatable bonds is 3. The normalized spacial score (nSPS) is 12.6. The van der Waals surface area contributed by atoms with Crippen molar-refractivity contribution in [3.63, 3.8) is 0 Å². The number of aldehydes is 1. The van der Waals surface area contributed by atoms with Gasteiger partial charge < -0.3 is 4.79 Å². The van der Waals surface area contributed by atoms with Gasteiger partial charge >= 0.3 is 0 Å². The zero-order chi connectivity index (χ0) is 10.7. The van der Waals surface area contributed by atoms with Crippen LogP contribution in [-0.2, 0) is 4.79 Å². The summed E-state index contributed by atoms with van der Waals surface area (Å²) >= 11 is 8.85. The van der Waals surface area contributed by atoms with Crippen molar-refractivity contribution in [2.75, 3.05) is 0 Å². The van der Waals surface area contributed by atoms with Gasteiger partial charge in [0.15, 0.2) is 5.82 Å². The first-order valence-electron chi connectivity index (χ1n) is 4.15. The van der Waals surface area contributed by atoms with Crippen LogP contribution in [0.3, 0.4) is 0 Å². The standard InChI is InChI=1S/C10H9BrClFO/c1-6(4-5-14)7-2-3-8(11)10(13)9(7)12/h2-3,5-6H,4H2,1H3. The molecule has 0 spiro atoms. The molecule has 1 aromatic carbocycles. The molecule has 0 heterocycles. The van der Waals surface area contributed by atoms with Crippen LogP contribution in [-0.4, -0.2) is 6.29 Å². The number of hydrogen-bond donors (Lipinski definition) is 0. The third kappa shape index (κ3) is 2.34. The predicted molar refractivity (Wildman–Crippen MR) is 58.2 cm³/mol. The van der Waals surface area contributed by atoms with Crippen LogP contribution < -0.4 is 0 Å².